The number of allylic oxidation sites excluding steroid dienone is 2. The molecule has 1 saturated carbocycles. The van der Waals surface area contributed by atoms with Gasteiger partial charge < -0.3 is 14.9 Å². The maximum atomic E-state index is 12.3. The molecule has 5 heteroatoms. The van der Waals surface area contributed by atoms with E-state index in [4.69, 9.17) is 4.74 Å². The lowest BCUT2D eigenvalue weighted by Gasteiger charge is -2.28. The number of unbranched alkanes of at least 4 members (excludes halogenated alkanes) is 2. The lowest BCUT2D eigenvalue weighted by atomic mass is 9.82. The molecule has 0 radical (unpaired) electrons. The minimum atomic E-state index is -1.58. The Morgan fingerprint density at radius 1 is 1.28 bits per heavy atom. The Kier molecular flexibility index (Phi) is 10.6. The summed E-state index contributed by atoms with van der Waals surface area (Å²) in [5.41, 5.74) is -1.28. The summed E-state index contributed by atoms with van der Waals surface area (Å²) < 4.78 is 5.01. The van der Waals surface area contributed by atoms with E-state index in [-0.39, 0.29) is 5.92 Å². The summed E-state index contributed by atoms with van der Waals surface area (Å²) in [6.07, 6.45) is 12.4. The summed E-state index contributed by atoms with van der Waals surface area (Å²) in [5.74, 6) is -0.434. The van der Waals surface area contributed by atoms with E-state index in [2.05, 4.69) is 32.9 Å². The molecule has 0 aromatic carbocycles. The second kappa shape index (κ2) is 11.8. The molecule has 1 fully saturated rings. The van der Waals surface area contributed by atoms with Crippen molar-refractivity contribution in [3.63, 3.8) is 0 Å². The SMILES string of the molecule is CCCCC(C)(C)CC=C[C@H]1CCC(=O)[C@@H]1CCCCC(O)C(C)(OC)C(=O)O. The highest BCUT2D eigenvalue weighted by atomic mass is 16.5. The third kappa shape index (κ3) is 7.86. The van der Waals surface area contributed by atoms with Crippen molar-refractivity contribution in [2.75, 3.05) is 7.11 Å². The molecule has 168 valence electrons. The van der Waals surface area contributed by atoms with Gasteiger partial charge in [-0.2, -0.15) is 0 Å². The summed E-state index contributed by atoms with van der Waals surface area (Å²) in [4.78, 5) is 23.6. The van der Waals surface area contributed by atoms with Gasteiger partial charge in [0, 0.05) is 19.4 Å². The molecule has 0 aromatic heterocycles. The molecule has 2 unspecified atom stereocenters. The number of ether oxygens (including phenoxy) is 1. The van der Waals surface area contributed by atoms with Gasteiger partial charge in [-0.05, 0) is 50.4 Å². The number of carboxylic acid groups (broad SMARTS) is 1. The van der Waals surface area contributed by atoms with Crippen LogP contribution in [-0.4, -0.2) is 40.8 Å². The molecule has 1 aliphatic carbocycles. The van der Waals surface area contributed by atoms with Crippen LogP contribution in [0.3, 0.4) is 0 Å². The summed E-state index contributed by atoms with van der Waals surface area (Å²) in [7, 11) is 1.30. The van der Waals surface area contributed by atoms with Crippen LogP contribution in [0.4, 0.5) is 0 Å². The Hall–Kier alpha value is -1.20. The summed E-state index contributed by atoms with van der Waals surface area (Å²) in [6.45, 7) is 8.22. The Balaban J connectivity index is 2.48. The second-order valence-electron chi connectivity index (χ2n) is 9.59. The molecule has 2 N–H and O–H groups in total. The van der Waals surface area contributed by atoms with Gasteiger partial charge in [0.25, 0.3) is 0 Å². The number of carbonyl (C=O) groups is 2. The molecule has 1 aliphatic rings. The van der Waals surface area contributed by atoms with Crippen molar-refractivity contribution in [3.05, 3.63) is 12.2 Å². The zero-order chi connectivity index (χ0) is 22.1. The predicted octanol–water partition coefficient (Wildman–Crippen LogP) is 5.16. The van der Waals surface area contributed by atoms with Crippen LogP contribution in [0.1, 0.15) is 91.9 Å². The number of hydrogen-bond acceptors (Lipinski definition) is 4. The van der Waals surface area contributed by atoms with Crippen molar-refractivity contribution in [1.29, 1.82) is 0 Å². The first kappa shape index (κ1) is 25.8. The molecule has 0 spiro atoms. The van der Waals surface area contributed by atoms with Gasteiger partial charge in [-0.1, -0.05) is 58.6 Å². The normalized spacial score (nSPS) is 23.4. The molecule has 29 heavy (non-hydrogen) atoms. The third-order valence-corrected chi connectivity index (χ3v) is 6.64. The van der Waals surface area contributed by atoms with Crippen LogP contribution >= 0.6 is 0 Å². The van der Waals surface area contributed by atoms with E-state index in [1.54, 1.807) is 0 Å². The molecule has 0 aromatic rings. The number of carboxylic acids is 1. The van der Waals surface area contributed by atoms with Gasteiger partial charge in [0.2, 0.25) is 0 Å². The standard InChI is InChI=1S/C24H42O5/c1-6-7-16-23(2,3)17-10-11-18-14-15-20(25)19(18)12-8-9-13-21(26)24(4,29-5)22(27)28/h10-11,18-19,21,26H,6-9,12-17H2,1-5H3,(H,27,28)/t18-,19+,21?,24?/m0/s1. The monoisotopic (exact) mass is 410 g/mol. The molecule has 0 amide bonds. The number of rotatable bonds is 14. The van der Waals surface area contributed by atoms with Crippen molar-refractivity contribution in [1.82, 2.24) is 0 Å². The average molecular weight is 411 g/mol. The number of hydrogen-bond donors (Lipinski definition) is 2. The number of carbonyl (C=O) groups excluding carboxylic acids is 1. The topological polar surface area (TPSA) is 83.8 Å². The summed E-state index contributed by atoms with van der Waals surface area (Å²) in [6, 6.07) is 0. The molecule has 0 heterocycles. The van der Waals surface area contributed by atoms with Crippen LogP contribution in [0.25, 0.3) is 0 Å². The molecule has 4 atom stereocenters. The van der Waals surface area contributed by atoms with Crippen LogP contribution in [-0.2, 0) is 14.3 Å². The van der Waals surface area contributed by atoms with E-state index in [0.29, 0.717) is 36.4 Å². The van der Waals surface area contributed by atoms with E-state index in [1.165, 1.54) is 33.3 Å². The molecular weight excluding hydrogens is 368 g/mol. The molecule has 1 rings (SSSR count). The fourth-order valence-corrected chi connectivity index (χ4v) is 4.20. The number of methoxy groups -OCH3 is 1. The van der Waals surface area contributed by atoms with Gasteiger partial charge in [0.1, 0.15) is 5.78 Å². The maximum Gasteiger partial charge on any atom is 0.338 e. The number of aliphatic carboxylic acids is 1. The average Bonchev–Trinajstić information content (AvgIpc) is 3.02. The van der Waals surface area contributed by atoms with E-state index in [0.717, 1.165) is 25.7 Å². The fraction of sp³-hybridized carbons (Fsp3) is 0.833. The van der Waals surface area contributed by atoms with E-state index >= 15 is 0 Å². The zero-order valence-corrected chi connectivity index (χ0v) is 19.1. The smallest absolute Gasteiger partial charge is 0.338 e. The van der Waals surface area contributed by atoms with Gasteiger partial charge in [0.05, 0.1) is 6.10 Å². The Bertz CT molecular complexity index is 553. The maximum absolute atomic E-state index is 12.3. The van der Waals surface area contributed by atoms with Crippen LogP contribution in [0, 0.1) is 17.3 Å². The highest BCUT2D eigenvalue weighted by Gasteiger charge is 2.40. The van der Waals surface area contributed by atoms with E-state index in [9.17, 15) is 19.8 Å². The lowest BCUT2D eigenvalue weighted by Crippen LogP contribution is -2.48. The minimum Gasteiger partial charge on any atom is -0.479 e. The van der Waals surface area contributed by atoms with Crippen molar-refractivity contribution >= 4 is 11.8 Å². The van der Waals surface area contributed by atoms with Gasteiger partial charge >= 0.3 is 5.97 Å². The van der Waals surface area contributed by atoms with Gasteiger partial charge in [-0.15, -0.1) is 0 Å². The lowest BCUT2D eigenvalue weighted by molar-refractivity contribution is -0.174. The number of aliphatic hydroxyl groups is 1. The number of aliphatic hydroxyl groups excluding tert-OH is 1. The largest absolute Gasteiger partial charge is 0.479 e. The summed E-state index contributed by atoms with van der Waals surface area (Å²) in [5, 5.41) is 19.5. The number of ketones is 1. The van der Waals surface area contributed by atoms with Crippen molar-refractivity contribution in [2.45, 2.75) is 104 Å². The first-order valence-electron chi connectivity index (χ1n) is 11.2. The van der Waals surface area contributed by atoms with Gasteiger partial charge in [0.15, 0.2) is 5.60 Å². The first-order valence-corrected chi connectivity index (χ1v) is 11.2. The molecule has 0 aliphatic heterocycles. The van der Waals surface area contributed by atoms with Crippen molar-refractivity contribution in [2.24, 2.45) is 17.3 Å². The highest BCUT2D eigenvalue weighted by molar-refractivity contribution is 5.83. The second-order valence-corrected chi connectivity index (χ2v) is 9.59. The van der Waals surface area contributed by atoms with E-state index in [1.807, 2.05) is 0 Å². The number of Topliss-reactive ketones (excluding diaryl/α,β-unsaturated/α-hetero) is 1. The van der Waals surface area contributed by atoms with Crippen LogP contribution in [0.15, 0.2) is 12.2 Å². The fourth-order valence-electron chi connectivity index (χ4n) is 4.20. The van der Waals surface area contributed by atoms with Crippen molar-refractivity contribution in [3.8, 4) is 0 Å². The van der Waals surface area contributed by atoms with Crippen LogP contribution in [0.2, 0.25) is 0 Å². The molecular formula is C24H42O5. The van der Waals surface area contributed by atoms with E-state index < -0.39 is 17.7 Å². The third-order valence-electron chi connectivity index (χ3n) is 6.64. The van der Waals surface area contributed by atoms with Gasteiger partial charge in [-0.3, -0.25) is 4.79 Å². The van der Waals surface area contributed by atoms with Gasteiger partial charge in [-0.25, -0.2) is 4.79 Å². The molecule has 5 nitrogen and oxygen atoms in total. The Morgan fingerprint density at radius 2 is 1.97 bits per heavy atom. The highest BCUT2D eigenvalue weighted by Crippen LogP contribution is 2.35. The Labute approximate surface area is 176 Å². The van der Waals surface area contributed by atoms with Crippen LogP contribution < -0.4 is 0 Å². The van der Waals surface area contributed by atoms with Crippen molar-refractivity contribution < 1.29 is 24.5 Å². The predicted molar refractivity (Wildman–Crippen MR) is 116 cm³/mol. The van der Waals surface area contributed by atoms with Crippen LogP contribution in [0.5, 0.6) is 0 Å². The molecule has 0 bridgehead atoms. The zero-order valence-electron chi connectivity index (χ0n) is 19.1. The Morgan fingerprint density at radius 3 is 2.55 bits per heavy atom. The first-order chi connectivity index (χ1) is 13.6. The summed E-state index contributed by atoms with van der Waals surface area (Å²) >= 11 is 0. The minimum absolute atomic E-state index is 0.0652. The quantitative estimate of drug-likeness (QED) is 0.305. The molecule has 0 saturated heterocycles.